The third-order valence-corrected chi connectivity index (χ3v) is 4.01. The third kappa shape index (κ3) is 0.621. The van der Waals surface area contributed by atoms with Gasteiger partial charge >= 0.3 is 0 Å². The summed E-state index contributed by atoms with van der Waals surface area (Å²) in [6.45, 7) is 0. The van der Waals surface area contributed by atoms with Gasteiger partial charge in [0.25, 0.3) is 0 Å². The molecule has 0 spiro atoms. The minimum atomic E-state index is 0.163. The second-order valence-corrected chi connectivity index (χ2v) is 4.49. The van der Waals surface area contributed by atoms with Crippen molar-refractivity contribution < 1.29 is 9.59 Å². The zero-order valence-corrected chi connectivity index (χ0v) is 6.95. The Balaban J connectivity index is 2.03. The molecule has 64 valence electrons. The molecule has 4 unspecified atom stereocenters. The van der Waals surface area contributed by atoms with Crippen LogP contribution < -0.4 is 0 Å². The molecule has 0 aromatic heterocycles. The highest BCUT2D eigenvalue weighted by Crippen LogP contribution is 2.55. The lowest BCUT2D eigenvalue weighted by Gasteiger charge is -2.21. The molecule has 0 N–H and O–H groups in total. The van der Waals surface area contributed by atoms with Crippen molar-refractivity contribution in [2.24, 2.45) is 23.7 Å². The minimum Gasteiger partial charge on any atom is -0.299 e. The first-order valence-electron chi connectivity index (χ1n) is 4.83. The Hall–Kier alpha value is -0.660. The molecule has 3 rings (SSSR count). The van der Waals surface area contributed by atoms with Crippen molar-refractivity contribution in [1.82, 2.24) is 0 Å². The molecule has 3 aliphatic carbocycles. The first-order chi connectivity index (χ1) is 5.77. The molecule has 2 heteroatoms. The lowest BCUT2D eigenvalue weighted by molar-refractivity contribution is -0.123. The quantitative estimate of drug-likeness (QED) is 0.504. The van der Waals surface area contributed by atoms with E-state index in [1.165, 1.54) is 12.8 Å². The van der Waals surface area contributed by atoms with Crippen LogP contribution in [0, 0.1) is 23.7 Å². The van der Waals surface area contributed by atoms with E-state index in [4.69, 9.17) is 0 Å². The Labute approximate surface area is 71.3 Å². The summed E-state index contributed by atoms with van der Waals surface area (Å²) in [4.78, 5) is 22.9. The van der Waals surface area contributed by atoms with E-state index in [-0.39, 0.29) is 29.8 Å². The van der Waals surface area contributed by atoms with E-state index in [1.54, 1.807) is 0 Å². The predicted octanol–water partition coefficient (Wildman–Crippen LogP) is 1.19. The molecular weight excluding hydrogens is 152 g/mol. The van der Waals surface area contributed by atoms with Gasteiger partial charge in [-0.05, 0) is 31.1 Å². The van der Waals surface area contributed by atoms with E-state index in [1.807, 2.05) is 0 Å². The largest absolute Gasteiger partial charge is 0.299 e. The van der Waals surface area contributed by atoms with Gasteiger partial charge in [-0.15, -0.1) is 0 Å². The molecule has 0 aromatic carbocycles. The van der Waals surface area contributed by atoms with Crippen LogP contribution >= 0.6 is 0 Å². The minimum absolute atomic E-state index is 0.163. The summed E-state index contributed by atoms with van der Waals surface area (Å²) in [5.41, 5.74) is 0. The fourth-order valence-corrected chi connectivity index (χ4v) is 3.63. The number of Topliss-reactive ketones (excluding diaryl/α,β-unsaturated/α-hetero) is 2. The average molecular weight is 164 g/mol. The number of carbonyl (C=O) groups is 2. The summed E-state index contributed by atoms with van der Waals surface area (Å²) in [6, 6.07) is 0. The fourth-order valence-electron chi connectivity index (χ4n) is 3.63. The Morgan fingerprint density at radius 2 is 1.42 bits per heavy atom. The van der Waals surface area contributed by atoms with Crippen LogP contribution in [0.4, 0.5) is 0 Å². The number of hydrogen-bond acceptors (Lipinski definition) is 2. The van der Waals surface area contributed by atoms with E-state index in [0.717, 1.165) is 6.42 Å². The molecule has 0 radical (unpaired) electrons. The zero-order valence-electron chi connectivity index (χ0n) is 6.95. The van der Waals surface area contributed by atoms with Crippen molar-refractivity contribution in [1.29, 1.82) is 0 Å². The third-order valence-electron chi connectivity index (χ3n) is 4.01. The van der Waals surface area contributed by atoms with Crippen molar-refractivity contribution in [2.75, 3.05) is 0 Å². The summed E-state index contributed by atoms with van der Waals surface area (Å²) in [7, 11) is 0. The maximum absolute atomic E-state index is 11.4. The van der Waals surface area contributed by atoms with Crippen LogP contribution in [0.1, 0.15) is 25.7 Å². The Kier molecular flexibility index (Phi) is 1.12. The number of fused-ring (bicyclic) bond motifs is 5. The van der Waals surface area contributed by atoms with Crippen molar-refractivity contribution in [2.45, 2.75) is 25.7 Å². The van der Waals surface area contributed by atoms with Crippen LogP contribution in [0.3, 0.4) is 0 Å². The zero-order chi connectivity index (χ0) is 8.29. The maximum Gasteiger partial charge on any atom is 0.144 e. The molecule has 3 fully saturated rings. The second kappa shape index (κ2) is 1.98. The fraction of sp³-hybridized carbons (Fsp3) is 0.800. The molecule has 4 atom stereocenters. The molecule has 3 aliphatic rings. The van der Waals surface area contributed by atoms with Gasteiger partial charge in [-0.25, -0.2) is 0 Å². The molecule has 0 aliphatic heterocycles. The van der Waals surface area contributed by atoms with Crippen LogP contribution in [0.5, 0.6) is 0 Å². The normalized spacial score (nSPS) is 50.3. The number of ketones is 2. The van der Waals surface area contributed by atoms with Gasteiger partial charge in [-0.2, -0.15) is 0 Å². The number of hydrogen-bond donors (Lipinski definition) is 0. The van der Waals surface area contributed by atoms with Crippen molar-refractivity contribution in [3.8, 4) is 0 Å². The standard InChI is InChI=1S/C10H12O2/c11-7-4-8(12)10-6-2-1-5(3-6)9(7)10/h5-6,9-10H,1-4H2. The summed E-state index contributed by atoms with van der Waals surface area (Å²) in [5.74, 6) is 1.99. The lowest BCUT2D eigenvalue weighted by atomic mass is 9.81. The van der Waals surface area contributed by atoms with Crippen LogP contribution in [-0.4, -0.2) is 11.6 Å². The summed E-state index contributed by atoms with van der Waals surface area (Å²) >= 11 is 0. The Morgan fingerprint density at radius 3 is 1.92 bits per heavy atom. The van der Waals surface area contributed by atoms with Crippen molar-refractivity contribution in [3.05, 3.63) is 0 Å². The van der Waals surface area contributed by atoms with Gasteiger partial charge in [-0.1, -0.05) is 0 Å². The van der Waals surface area contributed by atoms with E-state index in [9.17, 15) is 9.59 Å². The molecular formula is C10H12O2. The van der Waals surface area contributed by atoms with Crippen LogP contribution in [0.2, 0.25) is 0 Å². The van der Waals surface area contributed by atoms with Gasteiger partial charge < -0.3 is 0 Å². The van der Waals surface area contributed by atoms with Gasteiger partial charge in [0.15, 0.2) is 0 Å². The van der Waals surface area contributed by atoms with Gasteiger partial charge in [0.2, 0.25) is 0 Å². The molecule has 0 saturated heterocycles. The summed E-state index contributed by atoms with van der Waals surface area (Å²) in [6.07, 6.45) is 3.81. The van der Waals surface area contributed by atoms with Gasteiger partial charge in [0.05, 0.1) is 6.42 Å². The summed E-state index contributed by atoms with van der Waals surface area (Å²) < 4.78 is 0. The molecule has 3 saturated carbocycles. The molecule has 0 amide bonds. The molecule has 0 aromatic rings. The molecule has 2 nitrogen and oxygen atoms in total. The van der Waals surface area contributed by atoms with E-state index in [2.05, 4.69) is 0 Å². The topological polar surface area (TPSA) is 34.1 Å². The van der Waals surface area contributed by atoms with Crippen molar-refractivity contribution in [3.63, 3.8) is 0 Å². The smallest absolute Gasteiger partial charge is 0.144 e. The van der Waals surface area contributed by atoms with E-state index in [0.29, 0.717) is 11.8 Å². The van der Waals surface area contributed by atoms with Crippen LogP contribution in [0.15, 0.2) is 0 Å². The summed E-state index contributed by atoms with van der Waals surface area (Å²) in [5, 5.41) is 0. The van der Waals surface area contributed by atoms with Crippen LogP contribution in [0.25, 0.3) is 0 Å². The van der Waals surface area contributed by atoms with Crippen molar-refractivity contribution >= 4 is 11.6 Å². The van der Waals surface area contributed by atoms with Gasteiger partial charge in [-0.3, -0.25) is 9.59 Å². The highest BCUT2D eigenvalue weighted by Gasteiger charge is 2.57. The molecule has 2 bridgehead atoms. The second-order valence-electron chi connectivity index (χ2n) is 4.49. The van der Waals surface area contributed by atoms with E-state index >= 15 is 0 Å². The average Bonchev–Trinajstić information content (AvgIpc) is 2.64. The first-order valence-corrected chi connectivity index (χ1v) is 4.83. The molecule has 12 heavy (non-hydrogen) atoms. The van der Waals surface area contributed by atoms with Gasteiger partial charge in [0.1, 0.15) is 11.6 Å². The highest BCUT2D eigenvalue weighted by molar-refractivity contribution is 6.09. The monoisotopic (exact) mass is 164 g/mol. The number of carbonyl (C=O) groups excluding carboxylic acids is 2. The predicted molar refractivity (Wildman–Crippen MR) is 42.4 cm³/mol. The number of rotatable bonds is 0. The highest BCUT2D eigenvalue weighted by atomic mass is 16.2. The first kappa shape index (κ1) is 6.81. The SMILES string of the molecule is O=C1CC(=O)C2C3CCC(C3)C12. The Morgan fingerprint density at radius 1 is 0.917 bits per heavy atom. The Bertz CT molecular complexity index is 243. The lowest BCUT2D eigenvalue weighted by Crippen LogP contribution is -2.24. The maximum atomic E-state index is 11.4. The molecule has 0 heterocycles. The van der Waals surface area contributed by atoms with E-state index < -0.39 is 0 Å². The van der Waals surface area contributed by atoms with Crippen LogP contribution in [-0.2, 0) is 9.59 Å². The van der Waals surface area contributed by atoms with Gasteiger partial charge in [0, 0.05) is 11.8 Å².